The van der Waals surface area contributed by atoms with Gasteiger partial charge in [0.25, 0.3) is 0 Å². The highest BCUT2D eigenvalue weighted by Crippen LogP contribution is 2.45. The predicted molar refractivity (Wildman–Crippen MR) is 90.7 cm³/mol. The highest BCUT2D eigenvalue weighted by molar-refractivity contribution is 5.53. The maximum Gasteiger partial charge on any atom is 0.130 e. The Morgan fingerprint density at radius 2 is 1.83 bits per heavy atom. The van der Waals surface area contributed by atoms with E-state index in [2.05, 4.69) is 6.07 Å². The van der Waals surface area contributed by atoms with Crippen molar-refractivity contribution in [3.8, 4) is 17.2 Å². The summed E-state index contributed by atoms with van der Waals surface area (Å²) in [5.74, 6) is 1.91. The molecule has 0 fully saturated rings. The summed E-state index contributed by atoms with van der Waals surface area (Å²) in [5.41, 5.74) is 2.59. The number of ether oxygens (including phenoxy) is 2. The molecule has 0 aromatic heterocycles. The number of aliphatic hydroxyl groups excluding tert-OH is 1. The molecule has 0 saturated carbocycles. The van der Waals surface area contributed by atoms with Crippen LogP contribution in [-0.4, -0.2) is 21.9 Å². The van der Waals surface area contributed by atoms with Crippen LogP contribution in [-0.2, 0) is 12.8 Å². The van der Waals surface area contributed by atoms with Crippen molar-refractivity contribution in [3.63, 3.8) is 0 Å². The van der Waals surface area contributed by atoms with Gasteiger partial charge in [0.1, 0.15) is 29.0 Å². The first-order valence-corrected chi connectivity index (χ1v) is 8.41. The van der Waals surface area contributed by atoms with Crippen molar-refractivity contribution in [1.82, 2.24) is 0 Å². The summed E-state index contributed by atoms with van der Waals surface area (Å²) in [5, 5.41) is 19.9. The monoisotopic (exact) mass is 326 g/mol. The molecule has 2 aliphatic heterocycles. The Bertz CT molecular complexity index is 764. The van der Waals surface area contributed by atoms with E-state index >= 15 is 0 Å². The summed E-state index contributed by atoms with van der Waals surface area (Å²) in [4.78, 5) is 0. The molecular formula is C20H22O4. The Kier molecular flexibility index (Phi) is 3.46. The molecule has 2 aromatic rings. The van der Waals surface area contributed by atoms with Crippen molar-refractivity contribution in [2.75, 3.05) is 0 Å². The minimum atomic E-state index is -0.591. The highest BCUT2D eigenvalue weighted by atomic mass is 16.5. The van der Waals surface area contributed by atoms with Crippen LogP contribution in [0.25, 0.3) is 0 Å². The minimum Gasteiger partial charge on any atom is -0.508 e. The van der Waals surface area contributed by atoms with Crippen LogP contribution < -0.4 is 9.47 Å². The van der Waals surface area contributed by atoms with Gasteiger partial charge in [0.05, 0.1) is 6.10 Å². The Balaban J connectivity index is 1.69. The zero-order valence-electron chi connectivity index (χ0n) is 14.0. The molecule has 2 atom stereocenters. The number of aliphatic hydroxyl groups is 1. The lowest BCUT2D eigenvalue weighted by Gasteiger charge is -2.39. The first-order chi connectivity index (χ1) is 11.4. The molecule has 0 saturated heterocycles. The quantitative estimate of drug-likeness (QED) is 0.842. The van der Waals surface area contributed by atoms with E-state index in [1.165, 1.54) is 5.56 Å². The second-order valence-electron chi connectivity index (χ2n) is 7.19. The van der Waals surface area contributed by atoms with Crippen LogP contribution in [0.3, 0.4) is 0 Å². The molecule has 4 rings (SSSR count). The number of hydrogen-bond donors (Lipinski definition) is 2. The van der Waals surface area contributed by atoms with Crippen molar-refractivity contribution in [2.45, 2.75) is 50.9 Å². The van der Waals surface area contributed by atoms with Gasteiger partial charge in [0.2, 0.25) is 0 Å². The normalized spacial score (nSPS) is 24.3. The van der Waals surface area contributed by atoms with Gasteiger partial charge < -0.3 is 19.7 Å². The van der Waals surface area contributed by atoms with Gasteiger partial charge in [-0.05, 0) is 56.0 Å². The van der Waals surface area contributed by atoms with Crippen LogP contribution in [0.1, 0.15) is 43.1 Å². The number of hydrogen-bond acceptors (Lipinski definition) is 4. The molecule has 0 spiro atoms. The van der Waals surface area contributed by atoms with Gasteiger partial charge in [-0.2, -0.15) is 0 Å². The number of phenolic OH excluding ortho intramolecular Hbond substituents is 1. The van der Waals surface area contributed by atoms with Gasteiger partial charge in [-0.15, -0.1) is 0 Å². The summed E-state index contributed by atoms with van der Waals surface area (Å²) >= 11 is 0. The average molecular weight is 326 g/mol. The fourth-order valence-electron chi connectivity index (χ4n) is 3.49. The van der Waals surface area contributed by atoms with Gasteiger partial charge in [0.15, 0.2) is 0 Å². The van der Waals surface area contributed by atoms with Crippen molar-refractivity contribution >= 4 is 0 Å². The number of fused-ring (bicyclic) bond motifs is 3. The van der Waals surface area contributed by atoms with Crippen LogP contribution >= 0.6 is 0 Å². The van der Waals surface area contributed by atoms with E-state index in [0.29, 0.717) is 6.42 Å². The minimum absolute atomic E-state index is 0.0447. The molecule has 2 aliphatic rings. The molecule has 0 aliphatic carbocycles. The SMILES string of the molecule is CC1(C)Oc2ccc3c(c2C[C@@H]1O)O[C@H](c1ccc(O)cc1)CC3. The second kappa shape index (κ2) is 5.42. The fourth-order valence-corrected chi connectivity index (χ4v) is 3.49. The van der Waals surface area contributed by atoms with E-state index in [0.717, 1.165) is 35.5 Å². The summed E-state index contributed by atoms with van der Waals surface area (Å²) in [6.07, 6.45) is 1.75. The number of rotatable bonds is 1. The third-order valence-corrected chi connectivity index (χ3v) is 5.07. The summed E-state index contributed by atoms with van der Waals surface area (Å²) in [6, 6.07) is 11.2. The van der Waals surface area contributed by atoms with Crippen molar-refractivity contribution < 1.29 is 19.7 Å². The topological polar surface area (TPSA) is 58.9 Å². The van der Waals surface area contributed by atoms with E-state index in [9.17, 15) is 10.2 Å². The standard InChI is InChI=1S/C20H22O4/c1-20(2)18(22)11-15-17(24-20)10-6-13-5-9-16(23-19(13)15)12-3-7-14(21)8-4-12/h3-4,6-8,10,16,18,21-22H,5,9,11H2,1-2H3/t16-,18-/m0/s1. The Hall–Kier alpha value is -2.20. The van der Waals surface area contributed by atoms with Gasteiger partial charge in [0, 0.05) is 12.0 Å². The lowest BCUT2D eigenvalue weighted by molar-refractivity contribution is -0.0423. The molecule has 0 amide bonds. The molecule has 24 heavy (non-hydrogen) atoms. The van der Waals surface area contributed by atoms with Crippen LogP contribution in [0.5, 0.6) is 17.2 Å². The van der Waals surface area contributed by atoms with Crippen molar-refractivity contribution in [1.29, 1.82) is 0 Å². The molecule has 0 radical (unpaired) electrons. The Labute approximate surface area is 141 Å². The molecule has 2 heterocycles. The summed E-state index contributed by atoms with van der Waals surface area (Å²) in [6.45, 7) is 3.81. The smallest absolute Gasteiger partial charge is 0.130 e. The van der Waals surface area contributed by atoms with E-state index in [1.807, 2.05) is 32.0 Å². The average Bonchev–Trinajstić information content (AvgIpc) is 2.56. The maximum absolute atomic E-state index is 10.4. The van der Waals surface area contributed by atoms with Crippen LogP contribution in [0.15, 0.2) is 36.4 Å². The van der Waals surface area contributed by atoms with E-state index in [1.54, 1.807) is 12.1 Å². The van der Waals surface area contributed by atoms with E-state index in [4.69, 9.17) is 9.47 Å². The van der Waals surface area contributed by atoms with E-state index < -0.39 is 11.7 Å². The number of aromatic hydroxyl groups is 1. The highest BCUT2D eigenvalue weighted by Gasteiger charge is 2.38. The first-order valence-electron chi connectivity index (χ1n) is 8.41. The van der Waals surface area contributed by atoms with E-state index in [-0.39, 0.29) is 11.9 Å². The number of benzene rings is 2. The molecule has 0 unspecified atom stereocenters. The lowest BCUT2D eigenvalue weighted by Crippen LogP contribution is -2.46. The second-order valence-corrected chi connectivity index (χ2v) is 7.19. The summed E-state index contributed by atoms with van der Waals surface area (Å²) < 4.78 is 12.3. The Morgan fingerprint density at radius 1 is 1.08 bits per heavy atom. The Morgan fingerprint density at radius 3 is 2.58 bits per heavy atom. The van der Waals surface area contributed by atoms with Crippen LogP contribution in [0.4, 0.5) is 0 Å². The maximum atomic E-state index is 10.4. The molecule has 4 nitrogen and oxygen atoms in total. The number of phenols is 1. The molecule has 2 aromatic carbocycles. The third-order valence-electron chi connectivity index (χ3n) is 5.07. The third kappa shape index (κ3) is 2.51. The zero-order chi connectivity index (χ0) is 16.9. The molecule has 2 N–H and O–H groups in total. The molecule has 4 heteroatoms. The lowest BCUT2D eigenvalue weighted by atomic mass is 9.87. The van der Waals surface area contributed by atoms with Crippen LogP contribution in [0, 0.1) is 0 Å². The summed E-state index contributed by atoms with van der Waals surface area (Å²) in [7, 11) is 0. The fraction of sp³-hybridized carbons (Fsp3) is 0.400. The van der Waals surface area contributed by atoms with Gasteiger partial charge in [-0.1, -0.05) is 18.2 Å². The van der Waals surface area contributed by atoms with Crippen molar-refractivity contribution in [2.24, 2.45) is 0 Å². The van der Waals surface area contributed by atoms with Gasteiger partial charge >= 0.3 is 0 Å². The number of aryl methyl sites for hydroxylation is 1. The van der Waals surface area contributed by atoms with Crippen LogP contribution in [0.2, 0.25) is 0 Å². The first kappa shape index (κ1) is 15.3. The molecular weight excluding hydrogens is 304 g/mol. The molecule has 126 valence electrons. The predicted octanol–water partition coefficient (Wildman–Crippen LogP) is 3.53. The van der Waals surface area contributed by atoms with Crippen molar-refractivity contribution in [3.05, 3.63) is 53.1 Å². The van der Waals surface area contributed by atoms with Gasteiger partial charge in [-0.3, -0.25) is 0 Å². The van der Waals surface area contributed by atoms with Gasteiger partial charge in [-0.25, -0.2) is 0 Å². The zero-order valence-corrected chi connectivity index (χ0v) is 14.0. The largest absolute Gasteiger partial charge is 0.508 e. The molecule has 0 bridgehead atoms.